The SMILES string of the molecule is CCCCCCCCCCCCCCCCCCCCCCC/C=C/C(O)C(CO)NC(=O)CCCCCCCC/C=C\C=C/CCCCCOC(=O)CCCCCCCCCCCCCCCC. The molecule has 0 bridgehead atoms. The van der Waals surface area contributed by atoms with Crippen LogP contribution >= 0.6 is 0 Å². The molecule has 0 fully saturated rings. The number of rotatable bonds is 57. The van der Waals surface area contributed by atoms with Gasteiger partial charge < -0.3 is 20.3 Å². The summed E-state index contributed by atoms with van der Waals surface area (Å²) in [5, 5.41) is 23.2. The zero-order valence-electron chi connectivity index (χ0n) is 46.3. The van der Waals surface area contributed by atoms with Crippen LogP contribution < -0.4 is 5.32 Å². The average molecular weight is 971 g/mol. The summed E-state index contributed by atoms with van der Waals surface area (Å²) in [6.45, 7) is 4.87. The molecule has 1 amide bonds. The molecule has 0 aliphatic carbocycles. The number of nitrogens with one attached hydrogen (secondary N) is 1. The van der Waals surface area contributed by atoms with Gasteiger partial charge in [-0.25, -0.2) is 0 Å². The first kappa shape index (κ1) is 67.1. The smallest absolute Gasteiger partial charge is 0.305 e. The van der Waals surface area contributed by atoms with Crippen LogP contribution in [-0.2, 0) is 14.3 Å². The lowest BCUT2D eigenvalue weighted by Crippen LogP contribution is -2.45. The zero-order chi connectivity index (χ0) is 50.0. The highest BCUT2D eigenvalue weighted by Gasteiger charge is 2.18. The minimum absolute atomic E-state index is 0.0202. The molecular weight excluding hydrogens is 851 g/mol. The number of esters is 1. The van der Waals surface area contributed by atoms with Crippen LogP contribution in [0.25, 0.3) is 0 Å². The quantitative estimate of drug-likeness (QED) is 0.0244. The van der Waals surface area contributed by atoms with Crippen molar-refractivity contribution < 1.29 is 24.5 Å². The fourth-order valence-electron chi connectivity index (χ4n) is 9.45. The summed E-state index contributed by atoms with van der Waals surface area (Å²) in [6.07, 6.45) is 73.2. The van der Waals surface area contributed by atoms with Gasteiger partial charge in [0.2, 0.25) is 5.91 Å². The Morgan fingerprint density at radius 2 is 0.710 bits per heavy atom. The van der Waals surface area contributed by atoms with Crippen molar-refractivity contribution in [1.29, 1.82) is 0 Å². The molecule has 406 valence electrons. The number of aliphatic hydroxyl groups excluding tert-OH is 2. The molecule has 0 spiro atoms. The van der Waals surface area contributed by atoms with Crippen molar-refractivity contribution in [3.05, 3.63) is 36.5 Å². The van der Waals surface area contributed by atoms with Gasteiger partial charge in [-0.1, -0.05) is 288 Å². The average Bonchev–Trinajstić information content (AvgIpc) is 3.35. The van der Waals surface area contributed by atoms with Gasteiger partial charge in [0.1, 0.15) is 0 Å². The zero-order valence-corrected chi connectivity index (χ0v) is 46.3. The lowest BCUT2D eigenvalue weighted by Gasteiger charge is -2.20. The van der Waals surface area contributed by atoms with Crippen LogP contribution in [-0.4, -0.2) is 47.4 Å². The summed E-state index contributed by atoms with van der Waals surface area (Å²) < 4.78 is 5.45. The van der Waals surface area contributed by atoms with Crippen molar-refractivity contribution in [3.8, 4) is 0 Å². The summed E-state index contributed by atoms with van der Waals surface area (Å²) in [7, 11) is 0. The first-order valence-corrected chi connectivity index (χ1v) is 30.8. The van der Waals surface area contributed by atoms with Crippen LogP contribution in [0, 0.1) is 0 Å². The maximum atomic E-state index is 12.5. The van der Waals surface area contributed by atoms with Gasteiger partial charge in [0, 0.05) is 12.8 Å². The van der Waals surface area contributed by atoms with E-state index < -0.39 is 12.1 Å². The Balaban J connectivity index is 3.54. The standard InChI is InChI=1S/C63H119NO5/c1-3-5-7-9-11-13-15-17-19-20-21-22-23-24-25-26-28-31-35-39-43-47-51-55-61(66)60(59-65)64-62(67)56-52-48-44-40-36-32-29-27-30-34-38-42-46-50-54-58-69-63(68)57-53-49-45-41-37-33-18-16-14-12-10-8-6-4-2/h27,30,34,38,51,55,60-61,65-66H,3-26,28-29,31-33,35-37,39-50,52-54,56-59H2,1-2H3,(H,64,67)/b30-27-,38-34-,55-51+. The second-order valence-corrected chi connectivity index (χ2v) is 21.1. The molecule has 6 heteroatoms. The number of unbranched alkanes of at least 4 members (excludes halogenated alkanes) is 43. The van der Waals surface area contributed by atoms with Crippen LogP contribution in [0.15, 0.2) is 36.5 Å². The van der Waals surface area contributed by atoms with E-state index in [0.29, 0.717) is 19.4 Å². The molecule has 0 saturated carbocycles. The number of hydrogen-bond donors (Lipinski definition) is 3. The van der Waals surface area contributed by atoms with E-state index in [2.05, 4.69) is 43.5 Å². The van der Waals surface area contributed by atoms with Crippen LogP contribution in [0.4, 0.5) is 0 Å². The second-order valence-electron chi connectivity index (χ2n) is 21.1. The molecule has 3 N–H and O–H groups in total. The Morgan fingerprint density at radius 3 is 1.07 bits per heavy atom. The Labute approximate surface area is 430 Å². The van der Waals surface area contributed by atoms with Crippen LogP contribution in [0.3, 0.4) is 0 Å². The number of hydrogen-bond acceptors (Lipinski definition) is 5. The number of amides is 1. The molecular formula is C63H119NO5. The number of ether oxygens (including phenoxy) is 1. The van der Waals surface area contributed by atoms with Gasteiger partial charge in [0.05, 0.1) is 25.4 Å². The van der Waals surface area contributed by atoms with Crippen molar-refractivity contribution in [2.45, 2.75) is 341 Å². The third-order valence-electron chi connectivity index (χ3n) is 14.2. The molecule has 0 saturated heterocycles. The number of aliphatic hydroxyl groups is 2. The Morgan fingerprint density at radius 1 is 0.406 bits per heavy atom. The maximum Gasteiger partial charge on any atom is 0.305 e. The normalized spacial score (nSPS) is 12.8. The highest BCUT2D eigenvalue weighted by molar-refractivity contribution is 5.76. The van der Waals surface area contributed by atoms with Gasteiger partial charge in [-0.3, -0.25) is 9.59 Å². The molecule has 0 radical (unpaired) electrons. The van der Waals surface area contributed by atoms with E-state index in [0.717, 1.165) is 77.0 Å². The van der Waals surface area contributed by atoms with Gasteiger partial charge in [0.15, 0.2) is 0 Å². The van der Waals surface area contributed by atoms with Gasteiger partial charge in [-0.05, 0) is 64.2 Å². The predicted octanol–water partition coefficient (Wildman–Crippen LogP) is 19.2. The lowest BCUT2D eigenvalue weighted by atomic mass is 10.0. The number of carbonyl (C=O) groups excluding carboxylic acids is 2. The lowest BCUT2D eigenvalue weighted by molar-refractivity contribution is -0.143. The first-order chi connectivity index (χ1) is 34.0. The molecule has 0 aliphatic heterocycles. The van der Waals surface area contributed by atoms with Gasteiger partial charge in [-0.2, -0.15) is 0 Å². The summed E-state index contributed by atoms with van der Waals surface area (Å²) in [4.78, 5) is 24.5. The monoisotopic (exact) mass is 970 g/mol. The minimum atomic E-state index is -0.860. The molecule has 0 aromatic heterocycles. The van der Waals surface area contributed by atoms with Crippen LogP contribution in [0.1, 0.15) is 328 Å². The Kier molecular flexibility index (Phi) is 57.0. The summed E-state index contributed by atoms with van der Waals surface area (Å²) >= 11 is 0. The largest absolute Gasteiger partial charge is 0.466 e. The van der Waals surface area contributed by atoms with E-state index in [1.807, 2.05) is 6.08 Å². The molecule has 0 aromatic rings. The highest BCUT2D eigenvalue weighted by Crippen LogP contribution is 2.17. The molecule has 0 aliphatic rings. The fraction of sp³-hybridized carbons (Fsp3) is 0.873. The van der Waals surface area contributed by atoms with Crippen molar-refractivity contribution in [2.24, 2.45) is 0 Å². The van der Waals surface area contributed by atoms with Crippen molar-refractivity contribution in [1.82, 2.24) is 5.32 Å². The number of carbonyl (C=O) groups is 2. The highest BCUT2D eigenvalue weighted by atomic mass is 16.5. The first-order valence-electron chi connectivity index (χ1n) is 30.8. The predicted molar refractivity (Wildman–Crippen MR) is 301 cm³/mol. The van der Waals surface area contributed by atoms with E-state index in [1.54, 1.807) is 6.08 Å². The topological polar surface area (TPSA) is 95.9 Å². The summed E-state index contributed by atoms with van der Waals surface area (Å²) in [5.74, 6) is -0.108. The van der Waals surface area contributed by atoms with Gasteiger partial charge in [-0.15, -0.1) is 0 Å². The van der Waals surface area contributed by atoms with E-state index >= 15 is 0 Å². The van der Waals surface area contributed by atoms with Crippen molar-refractivity contribution in [2.75, 3.05) is 13.2 Å². The van der Waals surface area contributed by atoms with Crippen molar-refractivity contribution in [3.63, 3.8) is 0 Å². The fourth-order valence-corrected chi connectivity index (χ4v) is 9.45. The van der Waals surface area contributed by atoms with Crippen LogP contribution in [0.2, 0.25) is 0 Å². The summed E-state index contributed by atoms with van der Waals surface area (Å²) in [6, 6.07) is -0.646. The molecule has 6 nitrogen and oxygen atoms in total. The summed E-state index contributed by atoms with van der Waals surface area (Å²) in [5.41, 5.74) is 0. The minimum Gasteiger partial charge on any atom is -0.466 e. The van der Waals surface area contributed by atoms with E-state index in [9.17, 15) is 19.8 Å². The molecule has 2 atom stereocenters. The molecule has 0 heterocycles. The second kappa shape index (κ2) is 58.6. The maximum absolute atomic E-state index is 12.5. The Bertz CT molecular complexity index is 1120. The molecule has 69 heavy (non-hydrogen) atoms. The van der Waals surface area contributed by atoms with Crippen LogP contribution in [0.5, 0.6) is 0 Å². The Hall–Kier alpha value is -1.92. The number of allylic oxidation sites excluding steroid dienone is 5. The third kappa shape index (κ3) is 55.2. The third-order valence-corrected chi connectivity index (χ3v) is 14.2. The molecule has 0 rings (SSSR count). The molecule has 2 unspecified atom stereocenters. The molecule has 0 aromatic carbocycles. The van der Waals surface area contributed by atoms with Gasteiger partial charge >= 0.3 is 5.97 Å². The van der Waals surface area contributed by atoms with E-state index in [1.165, 1.54) is 225 Å². The van der Waals surface area contributed by atoms with E-state index in [-0.39, 0.29) is 18.5 Å². The van der Waals surface area contributed by atoms with Crippen molar-refractivity contribution >= 4 is 11.9 Å². The van der Waals surface area contributed by atoms with Gasteiger partial charge in [0.25, 0.3) is 0 Å². The van der Waals surface area contributed by atoms with E-state index in [4.69, 9.17) is 4.74 Å².